The molecule has 2 atom stereocenters. The van der Waals surface area contributed by atoms with Crippen molar-refractivity contribution in [2.45, 2.75) is 38.6 Å². The molecule has 17 heavy (non-hydrogen) atoms. The van der Waals surface area contributed by atoms with Crippen LogP contribution >= 0.6 is 27.5 Å². The van der Waals surface area contributed by atoms with Crippen LogP contribution in [0.15, 0.2) is 22.7 Å². The van der Waals surface area contributed by atoms with Gasteiger partial charge in [-0.3, -0.25) is 0 Å². The number of piperidine rings is 1. The largest absolute Gasteiger partial charge is 0.368 e. The van der Waals surface area contributed by atoms with Crippen LogP contribution in [0.25, 0.3) is 0 Å². The Morgan fingerprint density at radius 2 is 2.18 bits per heavy atom. The van der Waals surface area contributed by atoms with E-state index in [9.17, 15) is 0 Å². The second-order valence-corrected chi connectivity index (χ2v) is 6.09. The van der Waals surface area contributed by atoms with Crippen molar-refractivity contribution >= 4 is 33.2 Å². The van der Waals surface area contributed by atoms with E-state index in [1.165, 1.54) is 24.1 Å². The second-order valence-electron chi connectivity index (χ2n) is 4.97. The van der Waals surface area contributed by atoms with Gasteiger partial charge in [-0.1, -0.05) is 13.0 Å². The summed E-state index contributed by atoms with van der Waals surface area (Å²) in [6.45, 7) is 5.83. The predicted molar refractivity (Wildman–Crippen MR) is 78.9 cm³/mol. The Hall–Kier alpha value is -0.210. The van der Waals surface area contributed by atoms with Crippen molar-refractivity contribution in [1.82, 2.24) is 0 Å². The Balaban J connectivity index is 2.27. The Bertz CT molecular complexity index is 394. The van der Waals surface area contributed by atoms with Crippen molar-refractivity contribution < 1.29 is 0 Å². The fourth-order valence-corrected chi connectivity index (χ4v) is 3.36. The summed E-state index contributed by atoms with van der Waals surface area (Å²) in [5.41, 5.74) is 2.47. The van der Waals surface area contributed by atoms with Gasteiger partial charge in [-0.2, -0.15) is 0 Å². The van der Waals surface area contributed by atoms with E-state index in [0.29, 0.717) is 11.9 Å². The van der Waals surface area contributed by atoms with Gasteiger partial charge >= 0.3 is 0 Å². The molecule has 2 rings (SSSR count). The lowest BCUT2D eigenvalue weighted by Gasteiger charge is -2.40. The lowest BCUT2D eigenvalue weighted by molar-refractivity contribution is 0.363. The third-order valence-corrected chi connectivity index (χ3v) is 4.79. The number of hydrogen-bond donors (Lipinski definition) is 0. The predicted octanol–water partition coefficient (Wildman–Crippen LogP) is 4.81. The molecule has 1 aromatic rings. The molecule has 0 aromatic heterocycles. The molecule has 1 aliphatic heterocycles. The molecule has 2 unspecified atom stereocenters. The van der Waals surface area contributed by atoms with Crippen LogP contribution in [0, 0.1) is 5.92 Å². The molecule has 0 N–H and O–H groups in total. The van der Waals surface area contributed by atoms with Crippen molar-refractivity contribution in [3.8, 4) is 0 Å². The Morgan fingerprint density at radius 1 is 1.41 bits per heavy atom. The minimum atomic E-state index is 0.574. The Labute approximate surface area is 117 Å². The third kappa shape index (κ3) is 2.79. The molecular formula is C14H19BrClN. The van der Waals surface area contributed by atoms with E-state index in [2.05, 4.69) is 52.9 Å². The average molecular weight is 317 g/mol. The van der Waals surface area contributed by atoms with Crippen LogP contribution in [0.2, 0.25) is 0 Å². The average Bonchev–Trinajstić information content (AvgIpc) is 2.33. The molecule has 3 heteroatoms. The summed E-state index contributed by atoms with van der Waals surface area (Å²) in [5.74, 6) is 1.34. The highest BCUT2D eigenvalue weighted by molar-refractivity contribution is 9.10. The monoisotopic (exact) mass is 315 g/mol. The topological polar surface area (TPSA) is 3.24 Å². The molecule has 0 spiro atoms. The molecule has 1 aliphatic rings. The molecule has 0 radical (unpaired) electrons. The van der Waals surface area contributed by atoms with E-state index >= 15 is 0 Å². The normalized spacial score (nSPS) is 25.1. The lowest BCUT2D eigenvalue weighted by Crippen LogP contribution is -2.42. The van der Waals surface area contributed by atoms with Crippen LogP contribution in [0.3, 0.4) is 0 Å². The third-order valence-electron chi connectivity index (χ3n) is 3.85. The van der Waals surface area contributed by atoms with Crippen molar-refractivity contribution in [2.24, 2.45) is 5.92 Å². The van der Waals surface area contributed by atoms with E-state index in [0.717, 1.165) is 16.9 Å². The summed E-state index contributed by atoms with van der Waals surface area (Å²) in [7, 11) is 0. The van der Waals surface area contributed by atoms with Crippen molar-refractivity contribution in [3.63, 3.8) is 0 Å². The Morgan fingerprint density at radius 3 is 2.82 bits per heavy atom. The van der Waals surface area contributed by atoms with Gasteiger partial charge in [0.1, 0.15) is 0 Å². The lowest BCUT2D eigenvalue weighted by atomic mass is 9.91. The van der Waals surface area contributed by atoms with Gasteiger partial charge in [0, 0.05) is 22.9 Å². The Kier molecular flexibility index (Phi) is 4.37. The summed E-state index contributed by atoms with van der Waals surface area (Å²) in [5, 5.41) is 0. The molecule has 0 amide bonds. The number of hydrogen-bond acceptors (Lipinski definition) is 1. The summed E-state index contributed by atoms with van der Waals surface area (Å²) < 4.78 is 1.16. The first kappa shape index (κ1) is 13.2. The highest BCUT2D eigenvalue weighted by Crippen LogP contribution is 2.34. The highest BCUT2D eigenvalue weighted by Gasteiger charge is 2.25. The summed E-state index contributed by atoms with van der Waals surface area (Å²) in [4.78, 5) is 2.51. The molecule has 1 nitrogen and oxygen atoms in total. The van der Waals surface area contributed by atoms with Gasteiger partial charge < -0.3 is 4.90 Å². The summed E-state index contributed by atoms with van der Waals surface area (Å²) in [6, 6.07) is 7.06. The molecule has 94 valence electrons. The molecular weight excluding hydrogens is 298 g/mol. The first-order chi connectivity index (χ1) is 8.13. The molecule has 0 saturated carbocycles. The zero-order chi connectivity index (χ0) is 12.4. The van der Waals surface area contributed by atoms with Gasteiger partial charge in [0.05, 0.1) is 5.69 Å². The molecule has 1 aromatic carbocycles. The van der Waals surface area contributed by atoms with E-state index in [1.54, 1.807) is 0 Å². The molecule has 1 fully saturated rings. The molecule has 0 aliphatic carbocycles. The van der Waals surface area contributed by atoms with Crippen molar-refractivity contribution in [1.29, 1.82) is 0 Å². The van der Waals surface area contributed by atoms with Crippen LogP contribution in [-0.2, 0) is 5.88 Å². The number of halogens is 2. The number of rotatable bonds is 2. The van der Waals surface area contributed by atoms with Gasteiger partial charge in [0.25, 0.3) is 0 Å². The zero-order valence-electron chi connectivity index (χ0n) is 10.4. The van der Waals surface area contributed by atoms with E-state index in [4.69, 9.17) is 11.6 Å². The number of nitrogens with zero attached hydrogens (tertiary/aromatic N) is 1. The first-order valence-electron chi connectivity index (χ1n) is 6.24. The smallest absolute Gasteiger partial charge is 0.0513 e. The molecule has 0 bridgehead atoms. The van der Waals surface area contributed by atoms with Gasteiger partial charge in [0.15, 0.2) is 0 Å². The minimum absolute atomic E-state index is 0.574. The van der Waals surface area contributed by atoms with E-state index < -0.39 is 0 Å². The minimum Gasteiger partial charge on any atom is -0.368 e. The quantitative estimate of drug-likeness (QED) is 0.708. The van der Waals surface area contributed by atoms with E-state index in [1.807, 2.05) is 0 Å². The van der Waals surface area contributed by atoms with Crippen LogP contribution in [-0.4, -0.2) is 12.6 Å². The summed E-state index contributed by atoms with van der Waals surface area (Å²) >= 11 is 9.52. The zero-order valence-corrected chi connectivity index (χ0v) is 12.8. The fourth-order valence-electron chi connectivity index (χ4n) is 2.54. The standard InChI is InChI=1S/C14H19BrClN/c1-10-4-3-7-17(11(10)2)14-6-5-12(9-16)8-13(14)15/h5-6,8,10-11H,3-4,7,9H2,1-2H3. The van der Waals surface area contributed by atoms with Gasteiger partial charge in [-0.15, -0.1) is 11.6 Å². The number of benzene rings is 1. The van der Waals surface area contributed by atoms with Gasteiger partial charge in [0.2, 0.25) is 0 Å². The molecule has 1 saturated heterocycles. The van der Waals surface area contributed by atoms with Crippen LogP contribution in [0.5, 0.6) is 0 Å². The van der Waals surface area contributed by atoms with Crippen LogP contribution < -0.4 is 4.90 Å². The van der Waals surface area contributed by atoms with Crippen molar-refractivity contribution in [2.75, 3.05) is 11.4 Å². The maximum atomic E-state index is 5.85. The SMILES string of the molecule is CC1CCCN(c2ccc(CCl)cc2Br)C1C. The van der Waals surface area contributed by atoms with Crippen LogP contribution in [0.4, 0.5) is 5.69 Å². The van der Waals surface area contributed by atoms with Gasteiger partial charge in [-0.05, 0) is 59.3 Å². The van der Waals surface area contributed by atoms with Crippen LogP contribution in [0.1, 0.15) is 32.3 Å². The second kappa shape index (κ2) is 5.62. The number of anilines is 1. The first-order valence-corrected chi connectivity index (χ1v) is 7.57. The van der Waals surface area contributed by atoms with Crippen molar-refractivity contribution in [3.05, 3.63) is 28.2 Å². The maximum absolute atomic E-state index is 5.85. The van der Waals surface area contributed by atoms with E-state index in [-0.39, 0.29) is 0 Å². The summed E-state index contributed by atoms with van der Waals surface area (Å²) in [6.07, 6.45) is 2.63. The maximum Gasteiger partial charge on any atom is 0.0513 e. The molecule has 1 heterocycles. The highest BCUT2D eigenvalue weighted by atomic mass is 79.9. The fraction of sp³-hybridized carbons (Fsp3) is 0.571. The number of alkyl halides is 1. The van der Waals surface area contributed by atoms with Gasteiger partial charge in [-0.25, -0.2) is 0 Å².